The third-order valence-corrected chi connectivity index (χ3v) is 4.49. The molecule has 8 heteroatoms. The number of thiophene rings is 1. The van der Waals surface area contributed by atoms with Gasteiger partial charge in [-0.3, -0.25) is 4.79 Å². The molecule has 118 valence electrons. The highest BCUT2D eigenvalue weighted by Gasteiger charge is 2.12. The van der Waals surface area contributed by atoms with Crippen molar-refractivity contribution < 1.29 is 14.1 Å². The van der Waals surface area contributed by atoms with Gasteiger partial charge in [0.1, 0.15) is 0 Å². The molecule has 3 rings (SSSR count). The lowest BCUT2D eigenvalue weighted by atomic mass is 10.1. The molecule has 0 atom stereocenters. The van der Waals surface area contributed by atoms with Gasteiger partial charge in [0.25, 0.3) is 5.89 Å². The van der Waals surface area contributed by atoms with Crippen molar-refractivity contribution in [3.8, 4) is 10.8 Å². The van der Waals surface area contributed by atoms with E-state index >= 15 is 0 Å². The van der Waals surface area contributed by atoms with Crippen molar-refractivity contribution in [1.82, 2.24) is 10.1 Å². The van der Waals surface area contributed by atoms with Crippen LogP contribution in [0.25, 0.3) is 10.8 Å². The second-order valence-corrected chi connectivity index (χ2v) is 6.34. The van der Waals surface area contributed by atoms with Crippen molar-refractivity contribution in [1.29, 1.82) is 0 Å². The highest BCUT2D eigenvalue weighted by atomic mass is 35.5. The zero-order valence-corrected chi connectivity index (χ0v) is 14.0. The van der Waals surface area contributed by atoms with E-state index in [0.29, 0.717) is 21.8 Å². The molecule has 3 aromatic rings. The topological polar surface area (TPSA) is 65.2 Å². The highest BCUT2D eigenvalue weighted by Crippen LogP contribution is 2.24. The van der Waals surface area contributed by atoms with Crippen LogP contribution in [0, 0.1) is 0 Å². The van der Waals surface area contributed by atoms with E-state index in [9.17, 15) is 4.79 Å². The molecule has 2 heterocycles. The molecule has 23 heavy (non-hydrogen) atoms. The summed E-state index contributed by atoms with van der Waals surface area (Å²) in [5.74, 6) is 0.317. The van der Waals surface area contributed by atoms with Crippen molar-refractivity contribution in [3.05, 3.63) is 57.1 Å². The number of aromatic nitrogens is 2. The van der Waals surface area contributed by atoms with Gasteiger partial charge in [0.15, 0.2) is 6.61 Å². The summed E-state index contributed by atoms with van der Waals surface area (Å²) in [5.41, 5.74) is 0.719. The van der Waals surface area contributed by atoms with Crippen LogP contribution < -0.4 is 0 Å². The molecule has 0 fully saturated rings. The maximum absolute atomic E-state index is 11.8. The number of hydrogen-bond donors (Lipinski definition) is 0. The minimum absolute atomic E-state index is 0.0466. The molecule has 5 nitrogen and oxygen atoms in total. The third kappa shape index (κ3) is 4.10. The molecular weight excluding hydrogens is 359 g/mol. The number of benzene rings is 1. The SMILES string of the molecule is O=C(Cc1ccc(Cl)c(Cl)c1)OCc1noc(-c2cccs2)n1. The zero-order chi connectivity index (χ0) is 16.2. The maximum Gasteiger partial charge on any atom is 0.310 e. The number of rotatable bonds is 5. The lowest BCUT2D eigenvalue weighted by molar-refractivity contribution is -0.144. The second kappa shape index (κ2) is 7.12. The van der Waals surface area contributed by atoms with E-state index in [1.54, 1.807) is 18.2 Å². The Morgan fingerprint density at radius 3 is 2.87 bits per heavy atom. The Bertz CT molecular complexity index is 818. The van der Waals surface area contributed by atoms with Gasteiger partial charge in [-0.1, -0.05) is 40.5 Å². The minimum Gasteiger partial charge on any atom is -0.457 e. The van der Waals surface area contributed by atoms with E-state index in [-0.39, 0.29) is 13.0 Å². The average molecular weight is 369 g/mol. The number of esters is 1. The summed E-state index contributed by atoms with van der Waals surface area (Å²) in [6, 6.07) is 8.76. The molecular formula is C15H10Cl2N2O3S. The van der Waals surface area contributed by atoms with Crippen molar-refractivity contribution in [2.45, 2.75) is 13.0 Å². The van der Waals surface area contributed by atoms with Gasteiger partial charge in [0.2, 0.25) is 5.82 Å². The zero-order valence-electron chi connectivity index (χ0n) is 11.7. The van der Waals surface area contributed by atoms with E-state index in [1.807, 2.05) is 17.5 Å². The standard InChI is InChI=1S/C15H10Cl2N2O3S/c16-10-4-3-9(6-11(10)17)7-14(20)21-8-13-18-15(22-19-13)12-2-1-5-23-12/h1-6H,7-8H2. The maximum atomic E-state index is 11.8. The van der Waals surface area contributed by atoms with Crippen molar-refractivity contribution in [3.63, 3.8) is 0 Å². The van der Waals surface area contributed by atoms with Gasteiger partial charge < -0.3 is 9.26 Å². The van der Waals surface area contributed by atoms with E-state index < -0.39 is 5.97 Å². The smallest absolute Gasteiger partial charge is 0.310 e. The number of carbonyl (C=O) groups is 1. The molecule has 0 spiro atoms. The summed E-state index contributed by atoms with van der Waals surface area (Å²) < 4.78 is 10.3. The van der Waals surface area contributed by atoms with Crippen LogP contribution in [0.1, 0.15) is 11.4 Å². The van der Waals surface area contributed by atoms with Crippen LogP contribution in [0.3, 0.4) is 0 Å². The molecule has 0 unspecified atom stereocenters. The highest BCUT2D eigenvalue weighted by molar-refractivity contribution is 7.13. The number of halogens is 2. The predicted molar refractivity (Wildman–Crippen MR) is 87.6 cm³/mol. The van der Waals surface area contributed by atoms with Gasteiger partial charge in [-0.15, -0.1) is 11.3 Å². The Hall–Kier alpha value is -1.89. The van der Waals surface area contributed by atoms with Crippen LogP contribution in [0.5, 0.6) is 0 Å². The minimum atomic E-state index is -0.411. The third-order valence-electron chi connectivity index (χ3n) is 2.89. The summed E-state index contributed by atoms with van der Waals surface area (Å²) in [6.45, 7) is -0.0466. The first-order chi connectivity index (χ1) is 11.1. The van der Waals surface area contributed by atoms with Crippen LogP contribution in [0.15, 0.2) is 40.2 Å². The molecule has 0 saturated heterocycles. The summed E-state index contributed by atoms with van der Waals surface area (Å²) in [4.78, 5) is 16.9. The molecule has 0 saturated carbocycles. The van der Waals surface area contributed by atoms with Crippen LogP contribution in [-0.4, -0.2) is 16.1 Å². The Morgan fingerprint density at radius 2 is 2.13 bits per heavy atom. The summed E-state index contributed by atoms with van der Waals surface area (Å²) >= 11 is 13.2. The molecule has 0 bridgehead atoms. The molecule has 1 aromatic carbocycles. The van der Waals surface area contributed by atoms with Crippen LogP contribution in [0.4, 0.5) is 0 Å². The first-order valence-corrected chi connectivity index (χ1v) is 8.21. The molecule has 0 aliphatic rings. The number of carbonyl (C=O) groups excluding carboxylic acids is 1. The molecule has 2 aromatic heterocycles. The van der Waals surface area contributed by atoms with Gasteiger partial charge in [-0.2, -0.15) is 4.98 Å². The van der Waals surface area contributed by atoms with Gasteiger partial charge in [0, 0.05) is 0 Å². The average Bonchev–Trinajstić information content (AvgIpc) is 3.19. The number of hydrogen-bond acceptors (Lipinski definition) is 6. The van der Waals surface area contributed by atoms with E-state index in [2.05, 4.69) is 10.1 Å². The first-order valence-electron chi connectivity index (χ1n) is 6.58. The summed E-state index contributed by atoms with van der Waals surface area (Å²) in [5, 5.41) is 6.54. The Kier molecular flexibility index (Phi) is 4.95. The van der Waals surface area contributed by atoms with E-state index in [1.165, 1.54) is 11.3 Å². The van der Waals surface area contributed by atoms with Crippen molar-refractivity contribution in [2.24, 2.45) is 0 Å². The van der Waals surface area contributed by atoms with Gasteiger partial charge in [-0.05, 0) is 29.1 Å². The predicted octanol–water partition coefficient (Wildman–Crippen LogP) is 4.39. The van der Waals surface area contributed by atoms with E-state index in [4.69, 9.17) is 32.5 Å². The van der Waals surface area contributed by atoms with Crippen LogP contribution in [0.2, 0.25) is 10.0 Å². The number of nitrogens with zero attached hydrogens (tertiary/aromatic N) is 2. The normalized spacial score (nSPS) is 10.7. The Morgan fingerprint density at radius 1 is 1.26 bits per heavy atom. The van der Waals surface area contributed by atoms with Crippen molar-refractivity contribution >= 4 is 40.5 Å². The Balaban J connectivity index is 1.55. The van der Waals surface area contributed by atoms with Crippen LogP contribution >= 0.6 is 34.5 Å². The fourth-order valence-electron chi connectivity index (χ4n) is 1.83. The van der Waals surface area contributed by atoms with E-state index in [0.717, 1.165) is 10.4 Å². The van der Waals surface area contributed by atoms with Crippen molar-refractivity contribution in [2.75, 3.05) is 0 Å². The van der Waals surface area contributed by atoms with Crippen LogP contribution in [-0.2, 0) is 22.6 Å². The monoisotopic (exact) mass is 368 g/mol. The molecule has 0 amide bonds. The quantitative estimate of drug-likeness (QED) is 0.624. The Labute approximate surface area is 145 Å². The number of ether oxygens (including phenoxy) is 1. The second-order valence-electron chi connectivity index (χ2n) is 4.58. The lowest BCUT2D eigenvalue weighted by Crippen LogP contribution is -2.08. The summed E-state index contributed by atoms with van der Waals surface area (Å²) in [6.07, 6.45) is 0.0898. The molecule has 0 aliphatic heterocycles. The van der Waals surface area contributed by atoms with Gasteiger partial charge >= 0.3 is 5.97 Å². The molecule has 0 aliphatic carbocycles. The first kappa shape index (κ1) is 16.0. The summed E-state index contributed by atoms with van der Waals surface area (Å²) in [7, 11) is 0. The lowest BCUT2D eigenvalue weighted by Gasteiger charge is -2.03. The molecule has 0 N–H and O–H groups in total. The fourth-order valence-corrected chi connectivity index (χ4v) is 2.79. The van der Waals surface area contributed by atoms with Gasteiger partial charge in [-0.25, -0.2) is 0 Å². The largest absolute Gasteiger partial charge is 0.457 e. The fraction of sp³-hybridized carbons (Fsp3) is 0.133. The molecule has 0 radical (unpaired) electrons. The van der Waals surface area contributed by atoms with Gasteiger partial charge in [0.05, 0.1) is 21.3 Å².